The highest BCUT2D eigenvalue weighted by Crippen LogP contribution is 2.27. The monoisotopic (exact) mass is 356 g/mol. The highest BCUT2D eigenvalue weighted by Gasteiger charge is 2.26. The van der Waals surface area contributed by atoms with Crippen molar-refractivity contribution in [3.63, 3.8) is 0 Å². The molecule has 0 amide bonds. The molecule has 1 aromatic carbocycles. The van der Waals surface area contributed by atoms with E-state index in [1.807, 2.05) is 13.0 Å². The van der Waals surface area contributed by atoms with Crippen LogP contribution in [-0.4, -0.2) is 65.8 Å². The molecule has 2 heterocycles. The molecule has 1 fully saturated rings. The molecule has 7 nitrogen and oxygen atoms in total. The molecule has 3 rings (SSSR count). The Bertz CT molecular complexity index is 794. The molecule has 0 bridgehead atoms. The Morgan fingerprint density at radius 2 is 2.19 bits per heavy atom. The summed E-state index contributed by atoms with van der Waals surface area (Å²) in [4.78, 5) is 25.0. The molecule has 138 valence electrons. The van der Waals surface area contributed by atoms with Crippen molar-refractivity contribution in [2.24, 2.45) is 0 Å². The van der Waals surface area contributed by atoms with E-state index in [1.165, 1.54) is 0 Å². The van der Waals surface area contributed by atoms with Crippen LogP contribution in [0.4, 0.5) is 5.95 Å². The van der Waals surface area contributed by atoms with Crippen LogP contribution in [0.5, 0.6) is 5.75 Å². The Morgan fingerprint density at radius 3 is 2.85 bits per heavy atom. The summed E-state index contributed by atoms with van der Waals surface area (Å²) >= 11 is 0. The number of carbonyl (C=O) groups is 1. The highest BCUT2D eigenvalue weighted by atomic mass is 16.5. The highest BCUT2D eigenvalue weighted by molar-refractivity contribution is 5.92. The minimum atomic E-state index is -1.02. The SMILES string of the molecule is CCOc1ccc(-c2ccnc(N3CC[C@H](N(C)C)C3)n2)cc1C(=O)O. The van der Waals surface area contributed by atoms with Crippen molar-refractivity contribution >= 4 is 11.9 Å². The number of likely N-dealkylation sites (N-methyl/N-ethyl adjacent to an activating group) is 1. The summed E-state index contributed by atoms with van der Waals surface area (Å²) in [5.74, 6) is 0.0296. The van der Waals surface area contributed by atoms with Crippen molar-refractivity contribution in [3.8, 4) is 17.0 Å². The topological polar surface area (TPSA) is 78.8 Å². The van der Waals surface area contributed by atoms with Crippen molar-refractivity contribution in [2.75, 3.05) is 38.7 Å². The fourth-order valence-electron chi connectivity index (χ4n) is 3.14. The van der Waals surface area contributed by atoms with Gasteiger partial charge >= 0.3 is 5.97 Å². The summed E-state index contributed by atoms with van der Waals surface area (Å²) in [5.41, 5.74) is 1.57. The number of carboxylic acids is 1. The van der Waals surface area contributed by atoms with Gasteiger partial charge in [0.1, 0.15) is 11.3 Å². The lowest BCUT2D eigenvalue weighted by molar-refractivity contribution is 0.0692. The summed E-state index contributed by atoms with van der Waals surface area (Å²) in [7, 11) is 4.16. The largest absolute Gasteiger partial charge is 0.493 e. The molecular formula is C19H24N4O3. The molecule has 26 heavy (non-hydrogen) atoms. The van der Waals surface area contributed by atoms with Crippen LogP contribution in [-0.2, 0) is 0 Å². The standard InChI is InChI=1S/C19H24N4O3/c1-4-26-17-6-5-13(11-15(17)18(24)25)16-7-9-20-19(21-16)23-10-8-14(12-23)22(2)3/h5-7,9,11,14H,4,8,10,12H2,1-3H3,(H,24,25)/t14-/m0/s1. The number of hydrogen-bond acceptors (Lipinski definition) is 6. The number of nitrogens with zero attached hydrogens (tertiary/aromatic N) is 4. The number of aromatic nitrogens is 2. The van der Waals surface area contributed by atoms with Crippen LogP contribution in [0.15, 0.2) is 30.5 Å². The fourth-order valence-corrected chi connectivity index (χ4v) is 3.14. The van der Waals surface area contributed by atoms with Crippen molar-refractivity contribution in [2.45, 2.75) is 19.4 Å². The molecule has 1 N–H and O–H groups in total. The van der Waals surface area contributed by atoms with Crippen molar-refractivity contribution < 1.29 is 14.6 Å². The van der Waals surface area contributed by atoms with E-state index >= 15 is 0 Å². The second-order valence-corrected chi connectivity index (χ2v) is 6.54. The van der Waals surface area contributed by atoms with E-state index in [2.05, 4.69) is 33.9 Å². The van der Waals surface area contributed by atoms with E-state index in [9.17, 15) is 9.90 Å². The smallest absolute Gasteiger partial charge is 0.339 e. The summed E-state index contributed by atoms with van der Waals surface area (Å²) in [6, 6.07) is 7.40. The second-order valence-electron chi connectivity index (χ2n) is 6.54. The van der Waals surface area contributed by atoms with Crippen molar-refractivity contribution in [3.05, 3.63) is 36.0 Å². The predicted molar refractivity (Wildman–Crippen MR) is 99.9 cm³/mol. The van der Waals surface area contributed by atoms with Gasteiger partial charge in [-0.3, -0.25) is 0 Å². The molecule has 1 aromatic heterocycles. The molecule has 0 radical (unpaired) electrons. The molecule has 0 spiro atoms. The van der Waals surface area contributed by atoms with Gasteiger partial charge in [0.2, 0.25) is 5.95 Å². The molecule has 1 aliphatic rings. The van der Waals surface area contributed by atoms with Crippen LogP contribution in [0.25, 0.3) is 11.3 Å². The summed E-state index contributed by atoms with van der Waals surface area (Å²) in [6.45, 7) is 4.04. The molecule has 0 saturated carbocycles. The van der Waals surface area contributed by atoms with Crippen LogP contribution < -0.4 is 9.64 Å². The quantitative estimate of drug-likeness (QED) is 0.851. The number of rotatable bonds is 6. The minimum Gasteiger partial charge on any atom is -0.493 e. The lowest BCUT2D eigenvalue weighted by atomic mass is 10.1. The third kappa shape index (κ3) is 3.77. The molecule has 2 aromatic rings. The van der Waals surface area contributed by atoms with E-state index in [4.69, 9.17) is 4.74 Å². The van der Waals surface area contributed by atoms with Gasteiger partial charge in [0, 0.05) is 30.9 Å². The zero-order chi connectivity index (χ0) is 18.7. The molecular weight excluding hydrogens is 332 g/mol. The Labute approximate surface area is 153 Å². The molecule has 0 aliphatic carbocycles. The minimum absolute atomic E-state index is 0.137. The first-order chi connectivity index (χ1) is 12.5. The zero-order valence-electron chi connectivity index (χ0n) is 15.3. The average molecular weight is 356 g/mol. The zero-order valence-corrected chi connectivity index (χ0v) is 15.3. The number of aromatic carboxylic acids is 1. The summed E-state index contributed by atoms with van der Waals surface area (Å²) < 4.78 is 5.40. The van der Waals surface area contributed by atoms with E-state index in [1.54, 1.807) is 24.4 Å². The number of carboxylic acid groups (broad SMARTS) is 1. The lowest BCUT2D eigenvalue weighted by Gasteiger charge is -2.20. The maximum Gasteiger partial charge on any atom is 0.339 e. The Kier molecular flexibility index (Phi) is 5.37. The van der Waals surface area contributed by atoms with Crippen molar-refractivity contribution in [1.82, 2.24) is 14.9 Å². The van der Waals surface area contributed by atoms with E-state index in [0.717, 1.165) is 25.1 Å². The third-order valence-corrected chi connectivity index (χ3v) is 4.62. The van der Waals surface area contributed by atoms with Crippen LogP contribution in [0.1, 0.15) is 23.7 Å². The number of ether oxygens (including phenoxy) is 1. The molecule has 1 saturated heterocycles. The Hall–Kier alpha value is -2.67. The average Bonchev–Trinajstić information content (AvgIpc) is 3.13. The summed E-state index contributed by atoms with van der Waals surface area (Å²) in [6.07, 6.45) is 2.80. The maximum absolute atomic E-state index is 11.5. The first-order valence-electron chi connectivity index (χ1n) is 8.74. The van der Waals surface area contributed by atoms with Crippen LogP contribution in [0.2, 0.25) is 0 Å². The Balaban J connectivity index is 1.89. The maximum atomic E-state index is 11.5. The summed E-state index contributed by atoms with van der Waals surface area (Å²) in [5, 5.41) is 9.45. The van der Waals surface area contributed by atoms with Gasteiger partial charge in [-0.15, -0.1) is 0 Å². The van der Waals surface area contributed by atoms with Gasteiger partial charge in [-0.05, 0) is 51.7 Å². The van der Waals surface area contributed by atoms with Crippen molar-refractivity contribution in [1.29, 1.82) is 0 Å². The number of hydrogen-bond donors (Lipinski definition) is 1. The first kappa shape index (κ1) is 18.1. The van der Waals surface area contributed by atoms with E-state index in [-0.39, 0.29) is 5.56 Å². The van der Waals surface area contributed by atoms with Gasteiger partial charge < -0.3 is 19.6 Å². The lowest BCUT2D eigenvalue weighted by Crippen LogP contribution is -2.32. The molecule has 1 atom stereocenters. The molecule has 1 aliphatic heterocycles. The van der Waals surface area contributed by atoms with Gasteiger partial charge in [-0.1, -0.05) is 0 Å². The third-order valence-electron chi connectivity index (χ3n) is 4.62. The number of anilines is 1. The van der Waals surface area contributed by atoms with E-state index < -0.39 is 5.97 Å². The van der Waals surface area contributed by atoms with Crippen LogP contribution in [0.3, 0.4) is 0 Å². The van der Waals surface area contributed by atoms with Crippen LogP contribution in [0, 0.1) is 0 Å². The molecule has 7 heteroatoms. The van der Waals surface area contributed by atoms with E-state index in [0.29, 0.717) is 30.0 Å². The van der Waals surface area contributed by atoms with Gasteiger partial charge in [0.15, 0.2) is 0 Å². The van der Waals surface area contributed by atoms with Crippen LogP contribution >= 0.6 is 0 Å². The molecule has 0 unspecified atom stereocenters. The van der Waals surface area contributed by atoms with Gasteiger partial charge in [0.25, 0.3) is 0 Å². The number of benzene rings is 1. The Morgan fingerprint density at radius 1 is 1.38 bits per heavy atom. The fraction of sp³-hybridized carbons (Fsp3) is 0.421. The van der Waals surface area contributed by atoms with Gasteiger partial charge in [-0.25, -0.2) is 14.8 Å². The van der Waals surface area contributed by atoms with Gasteiger partial charge in [-0.2, -0.15) is 0 Å². The first-order valence-corrected chi connectivity index (χ1v) is 8.74. The van der Waals surface area contributed by atoms with Gasteiger partial charge in [0.05, 0.1) is 12.3 Å². The second kappa shape index (κ2) is 7.70. The predicted octanol–water partition coefficient (Wildman–Crippen LogP) is 2.38. The normalized spacial score (nSPS) is 16.9.